The average Bonchev–Trinajstić information content (AvgIpc) is 3.25. The Morgan fingerprint density at radius 3 is 2.35 bits per heavy atom. The first-order valence-corrected chi connectivity index (χ1v) is 11.5. The van der Waals surface area contributed by atoms with Crippen molar-refractivity contribution >= 4 is 39.2 Å². The van der Waals surface area contributed by atoms with E-state index in [1.165, 1.54) is 0 Å². The molecule has 1 atom stereocenters. The summed E-state index contributed by atoms with van der Waals surface area (Å²) in [5, 5.41) is 5.04. The molecular formula is C27H29N3O4. The maximum absolute atomic E-state index is 13.2. The highest BCUT2D eigenvalue weighted by Gasteiger charge is 2.27. The molecule has 1 amide bonds. The molecule has 0 bridgehead atoms. The van der Waals surface area contributed by atoms with Gasteiger partial charge in [0.05, 0.1) is 31.6 Å². The number of hydrogen-bond acceptors (Lipinski definition) is 6. The second-order valence-electron chi connectivity index (χ2n) is 8.51. The van der Waals surface area contributed by atoms with Crippen LogP contribution in [-0.4, -0.2) is 57.2 Å². The predicted molar refractivity (Wildman–Crippen MR) is 135 cm³/mol. The standard InChI is InChI=1S/C27H29N3O4/c1-18(29-12-14-30(15-13-29)22-9-5-7-11-24(22)32-2)27(31)28-21-17-25-20(16-26(21)33-3)19-8-4-6-10-23(19)34-25/h4-11,16-18H,12-15H2,1-3H3,(H,28,31)/t18-/m0/s1. The molecule has 4 aromatic rings. The molecule has 2 heterocycles. The molecule has 7 heteroatoms. The summed E-state index contributed by atoms with van der Waals surface area (Å²) in [6, 6.07) is 19.4. The Morgan fingerprint density at radius 1 is 0.882 bits per heavy atom. The quantitative estimate of drug-likeness (QED) is 0.449. The number of amides is 1. The third-order valence-electron chi connectivity index (χ3n) is 6.62. The Balaban J connectivity index is 1.29. The van der Waals surface area contributed by atoms with Gasteiger partial charge >= 0.3 is 0 Å². The molecule has 0 spiro atoms. The number of anilines is 2. The number of piperazine rings is 1. The van der Waals surface area contributed by atoms with Crippen LogP contribution in [0.4, 0.5) is 11.4 Å². The molecule has 1 aromatic heterocycles. The normalized spacial score (nSPS) is 15.4. The van der Waals surface area contributed by atoms with Gasteiger partial charge in [-0.2, -0.15) is 0 Å². The van der Waals surface area contributed by atoms with Gasteiger partial charge in [0.25, 0.3) is 0 Å². The third-order valence-corrected chi connectivity index (χ3v) is 6.62. The lowest BCUT2D eigenvalue weighted by molar-refractivity contribution is -0.120. The van der Waals surface area contributed by atoms with Gasteiger partial charge in [0.1, 0.15) is 22.7 Å². The molecule has 34 heavy (non-hydrogen) atoms. The molecule has 3 aromatic carbocycles. The SMILES string of the molecule is COc1cc2c(cc1NC(=O)[C@H](C)N1CCN(c3ccccc3OC)CC1)oc1ccccc12. The Kier molecular flexibility index (Phi) is 6.02. The van der Waals surface area contributed by atoms with Crippen LogP contribution < -0.4 is 19.7 Å². The zero-order valence-electron chi connectivity index (χ0n) is 19.7. The van der Waals surface area contributed by atoms with Crippen molar-refractivity contribution in [2.24, 2.45) is 0 Å². The fourth-order valence-corrected chi connectivity index (χ4v) is 4.66. The zero-order chi connectivity index (χ0) is 23.7. The number of nitrogens with one attached hydrogen (secondary N) is 1. The molecule has 0 aliphatic carbocycles. The van der Waals surface area contributed by atoms with Crippen LogP contribution in [0.15, 0.2) is 65.1 Å². The van der Waals surface area contributed by atoms with E-state index in [4.69, 9.17) is 13.9 Å². The number of hydrogen-bond donors (Lipinski definition) is 1. The van der Waals surface area contributed by atoms with Crippen LogP contribution in [0.25, 0.3) is 21.9 Å². The summed E-state index contributed by atoms with van der Waals surface area (Å²) in [5.74, 6) is 1.41. The van der Waals surface area contributed by atoms with Crippen LogP contribution in [0.5, 0.6) is 11.5 Å². The summed E-state index contributed by atoms with van der Waals surface area (Å²) in [6.45, 7) is 5.16. The van der Waals surface area contributed by atoms with Gasteiger partial charge in [-0.05, 0) is 31.2 Å². The van der Waals surface area contributed by atoms with E-state index < -0.39 is 0 Å². The fourth-order valence-electron chi connectivity index (χ4n) is 4.66. The Morgan fingerprint density at radius 2 is 1.59 bits per heavy atom. The van der Waals surface area contributed by atoms with Gasteiger partial charge in [-0.15, -0.1) is 0 Å². The topological polar surface area (TPSA) is 67.2 Å². The van der Waals surface area contributed by atoms with Crippen LogP contribution in [0.3, 0.4) is 0 Å². The van der Waals surface area contributed by atoms with Crippen molar-refractivity contribution in [2.45, 2.75) is 13.0 Å². The van der Waals surface area contributed by atoms with E-state index in [2.05, 4.69) is 21.2 Å². The Labute approximate surface area is 198 Å². The van der Waals surface area contributed by atoms with Crippen molar-refractivity contribution in [1.29, 1.82) is 0 Å². The third kappa shape index (κ3) is 4.03. The van der Waals surface area contributed by atoms with E-state index in [1.54, 1.807) is 14.2 Å². The van der Waals surface area contributed by atoms with Crippen molar-refractivity contribution in [2.75, 3.05) is 50.6 Å². The number of fused-ring (bicyclic) bond motifs is 3. The van der Waals surface area contributed by atoms with Gasteiger partial charge in [-0.3, -0.25) is 9.69 Å². The molecule has 0 radical (unpaired) electrons. The molecule has 5 rings (SSSR count). The van der Waals surface area contributed by atoms with Crippen molar-refractivity contribution < 1.29 is 18.7 Å². The van der Waals surface area contributed by atoms with Crippen LogP contribution >= 0.6 is 0 Å². The highest BCUT2D eigenvalue weighted by atomic mass is 16.5. The van der Waals surface area contributed by atoms with E-state index in [-0.39, 0.29) is 11.9 Å². The first kappa shape index (κ1) is 22.1. The molecular weight excluding hydrogens is 430 g/mol. The van der Waals surface area contributed by atoms with Crippen LogP contribution in [-0.2, 0) is 4.79 Å². The van der Waals surface area contributed by atoms with E-state index in [0.29, 0.717) is 11.4 Å². The van der Waals surface area contributed by atoms with Crippen LogP contribution in [0, 0.1) is 0 Å². The summed E-state index contributed by atoms with van der Waals surface area (Å²) in [6.07, 6.45) is 0. The molecule has 1 N–H and O–H groups in total. The van der Waals surface area contributed by atoms with E-state index >= 15 is 0 Å². The molecule has 1 aliphatic rings. The van der Waals surface area contributed by atoms with Crippen LogP contribution in [0.2, 0.25) is 0 Å². The molecule has 1 fully saturated rings. The largest absolute Gasteiger partial charge is 0.495 e. The van der Waals surface area contributed by atoms with Crippen molar-refractivity contribution in [3.63, 3.8) is 0 Å². The van der Waals surface area contributed by atoms with Crippen molar-refractivity contribution in [3.8, 4) is 11.5 Å². The monoisotopic (exact) mass is 459 g/mol. The van der Waals surface area contributed by atoms with Crippen molar-refractivity contribution in [3.05, 3.63) is 60.7 Å². The lowest BCUT2D eigenvalue weighted by atomic mass is 10.1. The maximum Gasteiger partial charge on any atom is 0.241 e. The molecule has 0 unspecified atom stereocenters. The van der Waals surface area contributed by atoms with E-state index in [0.717, 1.165) is 59.6 Å². The minimum atomic E-state index is -0.282. The minimum absolute atomic E-state index is 0.0699. The lowest BCUT2D eigenvalue weighted by Crippen LogP contribution is -2.52. The number of carbonyl (C=O) groups excluding carboxylic acids is 1. The van der Waals surface area contributed by atoms with Gasteiger partial charge in [0.2, 0.25) is 5.91 Å². The number of rotatable bonds is 6. The summed E-state index contributed by atoms with van der Waals surface area (Å²) < 4.78 is 17.1. The minimum Gasteiger partial charge on any atom is -0.495 e. The van der Waals surface area contributed by atoms with Gasteiger partial charge in [0, 0.05) is 43.0 Å². The number of carbonyl (C=O) groups is 1. The predicted octanol–water partition coefficient (Wildman–Crippen LogP) is 4.75. The molecule has 0 saturated carbocycles. The number of furan rings is 1. The second kappa shape index (κ2) is 9.27. The molecule has 7 nitrogen and oxygen atoms in total. The van der Waals surface area contributed by atoms with Crippen LogP contribution in [0.1, 0.15) is 6.92 Å². The average molecular weight is 460 g/mol. The summed E-state index contributed by atoms with van der Waals surface area (Å²) in [7, 11) is 3.30. The summed E-state index contributed by atoms with van der Waals surface area (Å²) in [5.41, 5.74) is 3.23. The molecule has 1 saturated heterocycles. The highest BCUT2D eigenvalue weighted by molar-refractivity contribution is 6.08. The first-order valence-electron chi connectivity index (χ1n) is 11.5. The first-order chi connectivity index (χ1) is 16.6. The number of para-hydroxylation sites is 3. The van der Waals surface area contributed by atoms with Gasteiger partial charge in [-0.1, -0.05) is 30.3 Å². The highest BCUT2D eigenvalue weighted by Crippen LogP contribution is 2.36. The molecule has 1 aliphatic heterocycles. The second-order valence-corrected chi connectivity index (χ2v) is 8.51. The summed E-state index contributed by atoms with van der Waals surface area (Å²) >= 11 is 0. The maximum atomic E-state index is 13.2. The smallest absolute Gasteiger partial charge is 0.241 e. The number of nitrogens with zero attached hydrogens (tertiary/aromatic N) is 2. The van der Waals surface area contributed by atoms with Gasteiger partial charge in [-0.25, -0.2) is 0 Å². The zero-order valence-corrected chi connectivity index (χ0v) is 19.7. The molecule has 176 valence electrons. The van der Waals surface area contributed by atoms with Gasteiger partial charge < -0.3 is 24.1 Å². The van der Waals surface area contributed by atoms with Gasteiger partial charge in [0.15, 0.2) is 0 Å². The number of benzene rings is 3. The number of ether oxygens (including phenoxy) is 2. The Bertz CT molecular complexity index is 1320. The number of methoxy groups -OCH3 is 2. The van der Waals surface area contributed by atoms with Crippen molar-refractivity contribution in [1.82, 2.24) is 4.90 Å². The fraction of sp³-hybridized carbons (Fsp3) is 0.296. The van der Waals surface area contributed by atoms with E-state index in [9.17, 15) is 4.79 Å². The summed E-state index contributed by atoms with van der Waals surface area (Å²) in [4.78, 5) is 17.7. The Hall–Kier alpha value is -3.71. The lowest BCUT2D eigenvalue weighted by Gasteiger charge is -2.38. The van der Waals surface area contributed by atoms with E-state index in [1.807, 2.05) is 61.5 Å².